The van der Waals surface area contributed by atoms with Crippen molar-refractivity contribution in [3.05, 3.63) is 0 Å². The van der Waals surface area contributed by atoms with E-state index in [9.17, 15) is 5.26 Å². The molecule has 0 N–H and O–H groups in total. The fraction of sp³-hybridized carbons (Fsp3) is 0.952. The van der Waals surface area contributed by atoms with Crippen LogP contribution in [0.4, 0.5) is 0 Å². The molecule has 22 heavy (non-hydrogen) atoms. The molecule has 0 radical (unpaired) electrons. The molecule has 126 valence electrons. The van der Waals surface area contributed by atoms with E-state index in [0.717, 1.165) is 24.2 Å². The first-order chi connectivity index (χ1) is 10.7. The Morgan fingerprint density at radius 2 is 1.77 bits per heavy atom. The van der Waals surface area contributed by atoms with Gasteiger partial charge in [-0.2, -0.15) is 5.26 Å². The summed E-state index contributed by atoms with van der Waals surface area (Å²) in [4.78, 5) is 0. The molecule has 2 aliphatic rings. The Labute approximate surface area is 138 Å². The first-order valence-electron chi connectivity index (χ1n) is 10.1. The van der Waals surface area contributed by atoms with Gasteiger partial charge in [0.25, 0.3) is 0 Å². The minimum atomic E-state index is 0.0468. The Morgan fingerprint density at radius 1 is 0.955 bits per heavy atom. The molecule has 2 fully saturated rings. The van der Waals surface area contributed by atoms with Crippen molar-refractivity contribution >= 4 is 0 Å². The molecule has 0 amide bonds. The third kappa shape index (κ3) is 4.74. The van der Waals surface area contributed by atoms with E-state index in [4.69, 9.17) is 0 Å². The van der Waals surface area contributed by atoms with Crippen molar-refractivity contribution in [2.24, 2.45) is 23.2 Å². The highest BCUT2D eigenvalue weighted by molar-refractivity contribution is 5.04. The maximum Gasteiger partial charge on any atom is 0.0689 e. The van der Waals surface area contributed by atoms with Crippen molar-refractivity contribution in [3.8, 4) is 6.07 Å². The Kier molecular flexibility index (Phi) is 7.26. The number of hydrogen-bond acceptors (Lipinski definition) is 1. The molecule has 0 aromatic carbocycles. The lowest BCUT2D eigenvalue weighted by Crippen LogP contribution is -2.36. The highest BCUT2D eigenvalue weighted by Crippen LogP contribution is 2.51. The topological polar surface area (TPSA) is 23.8 Å². The average Bonchev–Trinajstić information content (AvgIpc) is 2.57. The summed E-state index contributed by atoms with van der Waals surface area (Å²) in [6.45, 7) is 4.55. The predicted octanol–water partition coefficient (Wildman–Crippen LogP) is 6.87. The van der Waals surface area contributed by atoms with Crippen LogP contribution in [-0.4, -0.2) is 0 Å². The average molecular weight is 304 g/mol. The van der Waals surface area contributed by atoms with Gasteiger partial charge in [0, 0.05) is 0 Å². The van der Waals surface area contributed by atoms with Crippen LogP contribution in [0, 0.1) is 34.5 Å². The molecule has 1 unspecified atom stereocenters. The number of hydrogen-bond donors (Lipinski definition) is 0. The third-order valence-corrected chi connectivity index (χ3v) is 6.61. The molecular formula is C21H37N. The maximum absolute atomic E-state index is 9.73. The largest absolute Gasteiger partial charge is 0.198 e. The van der Waals surface area contributed by atoms with E-state index in [1.54, 1.807) is 0 Å². The van der Waals surface area contributed by atoms with Gasteiger partial charge in [0.05, 0.1) is 11.5 Å². The van der Waals surface area contributed by atoms with Gasteiger partial charge in [0.2, 0.25) is 0 Å². The summed E-state index contributed by atoms with van der Waals surface area (Å²) in [6, 6.07) is 2.74. The van der Waals surface area contributed by atoms with Gasteiger partial charge in [-0.25, -0.2) is 0 Å². The molecular weight excluding hydrogens is 266 g/mol. The smallest absolute Gasteiger partial charge is 0.0689 e. The minimum absolute atomic E-state index is 0.0468. The van der Waals surface area contributed by atoms with Crippen molar-refractivity contribution in [2.45, 2.75) is 104 Å². The molecule has 1 heteroatoms. The summed E-state index contributed by atoms with van der Waals surface area (Å²) in [5, 5.41) is 9.73. The lowest BCUT2D eigenvalue weighted by Gasteiger charge is -2.45. The van der Waals surface area contributed by atoms with E-state index in [1.165, 1.54) is 83.5 Å². The minimum Gasteiger partial charge on any atom is -0.198 e. The van der Waals surface area contributed by atoms with E-state index in [-0.39, 0.29) is 5.41 Å². The normalized spacial score (nSPS) is 34.9. The number of rotatable bonds is 8. The standard InChI is InChI=1S/C21H37N/c1-3-5-7-8-9-18-10-11-20-16-21(17-22,13-6-4-2)14-12-19(20)15-18/h18-20H,3-16H2,1-2H3/t18-,19+,20?,21-/m0/s1. The number of nitrogens with zero attached hydrogens (tertiary/aromatic N) is 1. The lowest BCUT2D eigenvalue weighted by molar-refractivity contribution is 0.0617. The molecule has 0 saturated heterocycles. The van der Waals surface area contributed by atoms with Gasteiger partial charge < -0.3 is 0 Å². The van der Waals surface area contributed by atoms with E-state index in [0.29, 0.717) is 0 Å². The molecule has 0 heterocycles. The van der Waals surface area contributed by atoms with Crippen LogP contribution in [0.3, 0.4) is 0 Å². The van der Waals surface area contributed by atoms with E-state index < -0.39 is 0 Å². The monoisotopic (exact) mass is 303 g/mol. The van der Waals surface area contributed by atoms with Gasteiger partial charge in [-0.05, 0) is 56.3 Å². The molecule has 1 nitrogen and oxygen atoms in total. The Morgan fingerprint density at radius 3 is 2.50 bits per heavy atom. The molecule has 2 saturated carbocycles. The third-order valence-electron chi connectivity index (χ3n) is 6.61. The summed E-state index contributed by atoms with van der Waals surface area (Å²) in [5.74, 6) is 2.83. The van der Waals surface area contributed by atoms with E-state index in [2.05, 4.69) is 19.9 Å². The number of unbranched alkanes of at least 4 members (excludes halogenated alkanes) is 4. The van der Waals surface area contributed by atoms with Gasteiger partial charge >= 0.3 is 0 Å². The number of fused-ring (bicyclic) bond motifs is 1. The zero-order valence-electron chi connectivity index (χ0n) is 15.1. The molecule has 0 aromatic heterocycles. The van der Waals surface area contributed by atoms with Crippen molar-refractivity contribution in [3.63, 3.8) is 0 Å². The van der Waals surface area contributed by atoms with Crippen LogP contribution in [-0.2, 0) is 0 Å². The van der Waals surface area contributed by atoms with Crippen LogP contribution >= 0.6 is 0 Å². The first kappa shape index (κ1) is 17.8. The zero-order chi connectivity index (χ0) is 15.8. The molecule has 0 aromatic rings. The van der Waals surface area contributed by atoms with Crippen molar-refractivity contribution in [2.75, 3.05) is 0 Å². The Balaban J connectivity index is 1.79. The fourth-order valence-corrected chi connectivity index (χ4v) is 5.13. The van der Waals surface area contributed by atoms with E-state index in [1.807, 2.05) is 0 Å². The van der Waals surface area contributed by atoms with Crippen molar-refractivity contribution in [1.29, 1.82) is 5.26 Å². The second kappa shape index (κ2) is 8.95. The van der Waals surface area contributed by atoms with Crippen molar-refractivity contribution in [1.82, 2.24) is 0 Å². The highest BCUT2D eigenvalue weighted by Gasteiger charge is 2.42. The van der Waals surface area contributed by atoms with Gasteiger partial charge in [-0.3, -0.25) is 0 Å². The van der Waals surface area contributed by atoms with Crippen LogP contribution in [0.2, 0.25) is 0 Å². The Bertz CT molecular complexity index is 355. The number of nitriles is 1. The first-order valence-corrected chi connectivity index (χ1v) is 10.1. The van der Waals surface area contributed by atoms with Crippen LogP contribution in [0.15, 0.2) is 0 Å². The molecule has 0 bridgehead atoms. The summed E-state index contributed by atoms with van der Waals surface area (Å²) < 4.78 is 0. The summed E-state index contributed by atoms with van der Waals surface area (Å²) in [6.07, 6.45) is 18.9. The van der Waals surface area contributed by atoms with Gasteiger partial charge in [-0.1, -0.05) is 65.2 Å². The second-order valence-corrected chi connectivity index (χ2v) is 8.29. The summed E-state index contributed by atoms with van der Waals surface area (Å²) in [7, 11) is 0. The molecule has 4 atom stereocenters. The van der Waals surface area contributed by atoms with Crippen LogP contribution in [0.1, 0.15) is 104 Å². The van der Waals surface area contributed by atoms with Gasteiger partial charge in [-0.15, -0.1) is 0 Å². The second-order valence-electron chi connectivity index (χ2n) is 8.29. The SMILES string of the molecule is CCCCCC[C@H]1CCC2C[C@](C#N)(CCCC)CC[C@@H]2C1. The van der Waals surface area contributed by atoms with Crippen LogP contribution in [0.5, 0.6) is 0 Å². The quantitative estimate of drug-likeness (QED) is 0.449. The molecule has 0 spiro atoms. The van der Waals surface area contributed by atoms with Gasteiger partial charge in [0.1, 0.15) is 0 Å². The van der Waals surface area contributed by atoms with Gasteiger partial charge in [0.15, 0.2) is 0 Å². The lowest BCUT2D eigenvalue weighted by atomic mass is 9.58. The summed E-state index contributed by atoms with van der Waals surface area (Å²) >= 11 is 0. The fourth-order valence-electron chi connectivity index (χ4n) is 5.13. The van der Waals surface area contributed by atoms with Crippen LogP contribution < -0.4 is 0 Å². The van der Waals surface area contributed by atoms with E-state index >= 15 is 0 Å². The maximum atomic E-state index is 9.73. The Hall–Kier alpha value is -0.510. The van der Waals surface area contributed by atoms with Crippen LogP contribution in [0.25, 0.3) is 0 Å². The molecule has 2 aliphatic carbocycles. The molecule has 2 rings (SSSR count). The van der Waals surface area contributed by atoms with Crippen molar-refractivity contribution < 1.29 is 0 Å². The zero-order valence-corrected chi connectivity index (χ0v) is 15.1. The summed E-state index contributed by atoms with van der Waals surface area (Å²) in [5.41, 5.74) is 0.0468. The molecule has 0 aliphatic heterocycles. The predicted molar refractivity (Wildman–Crippen MR) is 94.5 cm³/mol. The highest BCUT2D eigenvalue weighted by atomic mass is 14.5.